The number of aliphatic hydroxyl groups is 1. The van der Waals surface area contributed by atoms with Gasteiger partial charge in [0.25, 0.3) is 0 Å². The van der Waals surface area contributed by atoms with Gasteiger partial charge in [-0.25, -0.2) is 0 Å². The molecule has 2 N–H and O–H groups in total. The first-order valence-electron chi connectivity index (χ1n) is 14.1. The van der Waals surface area contributed by atoms with E-state index in [0.29, 0.717) is 29.4 Å². The van der Waals surface area contributed by atoms with Gasteiger partial charge in [-0.3, -0.25) is 4.79 Å². The van der Waals surface area contributed by atoms with Crippen LogP contribution in [0.15, 0.2) is 18.2 Å². The average molecular weight is 469 g/mol. The Bertz CT molecular complexity index is 896. The van der Waals surface area contributed by atoms with E-state index in [1.807, 2.05) is 12.1 Å². The minimum atomic E-state index is -1.01. The zero-order valence-corrected chi connectivity index (χ0v) is 21.2. The van der Waals surface area contributed by atoms with Gasteiger partial charge in [0.2, 0.25) is 0 Å². The van der Waals surface area contributed by atoms with Crippen LogP contribution in [0.5, 0.6) is 5.75 Å². The molecule has 0 aromatic heterocycles. The maximum atomic E-state index is 12.2. The molecule has 0 bridgehead atoms. The van der Waals surface area contributed by atoms with Crippen LogP contribution in [0.25, 0.3) is 0 Å². The highest BCUT2D eigenvalue weighted by molar-refractivity contribution is 5.74. The monoisotopic (exact) mass is 468 g/mol. The third-order valence-corrected chi connectivity index (χ3v) is 10.3. The zero-order chi connectivity index (χ0) is 23.9. The van der Waals surface area contributed by atoms with Crippen molar-refractivity contribution >= 4 is 5.97 Å². The number of phenols is 1. The number of aryl methyl sites for hydroxylation is 1. The molecular formula is C30H44O4. The van der Waals surface area contributed by atoms with Gasteiger partial charge in [0, 0.05) is 5.41 Å². The number of fused-ring (bicyclic) bond motifs is 7. The maximum Gasteiger partial charge on any atom is 0.309 e. The van der Waals surface area contributed by atoms with Crippen LogP contribution in [-0.4, -0.2) is 27.9 Å². The molecule has 3 unspecified atom stereocenters. The van der Waals surface area contributed by atoms with Gasteiger partial charge in [-0.2, -0.15) is 0 Å². The summed E-state index contributed by atoms with van der Waals surface area (Å²) in [7, 11) is 0. The molecule has 1 aliphatic heterocycles. The number of unbranched alkanes of at least 4 members (excludes halogenated alkanes) is 7. The number of carbonyl (C=O) groups excluding carboxylic acids is 1. The number of rotatable bonds is 9. The van der Waals surface area contributed by atoms with Crippen molar-refractivity contribution in [3.63, 3.8) is 0 Å². The van der Waals surface area contributed by atoms with Crippen molar-refractivity contribution in [3.8, 4) is 5.75 Å². The van der Waals surface area contributed by atoms with Gasteiger partial charge < -0.3 is 14.9 Å². The van der Waals surface area contributed by atoms with Crippen molar-refractivity contribution < 1.29 is 19.7 Å². The molecule has 0 radical (unpaired) electrons. The van der Waals surface area contributed by atoms with E-state index in [0.717, 1.165) is 25.7 Å². The highest BCUT2D eigenvalue weighted by Gasteiger charge is 2.71. The standard InChI is InChI=1S/C30H44O4/c1-3-4-5-6-7-8-9-10-11-21-18-29(2)25(17-26-30(29,33)19-27(32)34-26)24-14-12-20-16-22(31)13-15-23(20)28(21)24/h13,15-16,21,24-26,28,31,33H,3-12,14,17-19H2,1-2H3/t21-,24?,25?,26+,28?,29-,30-/m0/s1. The molecule has 1 aromatic rings. The summed E-state index contributed by atoms with van der Waals surface area (Å²) in [5.74, 6) is 2.05. The summed E-state index contributed by atoms with van der Waals surface area (Å²) < 4.78 is 5.68. The second kappa shape index (κ2) is 9.48. The molecule has 4 heteroatoms. The topological polar surface area (TPSA) is 66.8 Å². The number of benzene rings is 1. The van der Waals surface area contributed by atoms with E-state index >= 15 is 0 Å². The Labute approximate surface area is 205 Å². The minimum absolute atomic E-state index is 0.164. The van der Waals surface area contributed by atoms with Crippen LogP contribution in [0.2, 0.25) is 0 Å². The Kier molecular flexibility index (Phi) is 6.74. The fourth-order valence-corrected chi connectivity index (χ4v) is 8.65. The summed E-state index contributed by atoms with van der Waals surface area (Å²) in [4.78, 5) is 12.2. The van der Waals surface area contributed by atoms with Crippen molar-refractivity contribution in [3.05, 3.63) is 29.3 Å². The van der Waals surface area contributed by atoms with Gasteiger partial charge in [-0.15, -0.1) is 0 Å². The van der Waals surface area contributed by atoms with Crippen molar-refractivity contribution in [2.24, 2.45) is 23.2 Å². The molecule has 4 aliphatic rings. The van der Waals surface area contributed by atoms with Crippen LogP contribution < -0.4 is 0 Å². The van der Waals surface area contributed by atoms with Crippen LogP contribution >= 0.6 is 0 Å². The van der Waals surface area contributed by atoms with Crippen molar-refractivity contribution in [1.29, 1.82) is 0 Å². The Balaban J connectivity index is 1.35. The summed E-state index contributed by atoms with van der Waals surface area (Å²) in [6.45, 7) is 4.53. The normalized spacial score (nSPS) is 38.1. The predicted molar refractivity (Wildman–Crippen MR) is 134 cm³/mol. The summed E-state index contributed by atoms with van der Waals surface area (Å²) in [5.41, 5.74) is 1.48. The summed E-state index contributed by atoms with van der Waals surface area (Å²) in [6.07, 6.45) is 15.5. The maximum absolute atomic E-state index is 12.2. The Morgan fingerprint density at radius 1 is 1.09 bits per heavy atom. The number of phenolic OH excluding ortho intramolecular Hbond substituents is 1. The zero-order valence-electron chi connectivity index (χ0n) is 21.2. The van der Waals surface area contributed by atoms with Crippen LogP contribution in [0.3, 0.4) is 0 Å². The lowest BCUT2D eigenvalue weighted by Gasteiger charge is -2.56. The quantitative estimate of drug-likeness (QED) is 0.314. The van der Waals surface area contributed by atoms with Crippen molar-refractivity contribution in [2.75, 3.05) is 0 Å². The van der Waals surface area contributed by atoms with Crippen LogP contribution in [0.4, 0.5) is 0 Å². The van der Waals surface area contributed by atoms with E-state index in [4.69, 9.17) is 4.74 Å². The molecule has 0 spiro atoms. The number of carbonyl (C=O) groups is 1. The first-order chi connectivity index (χ1) is 16.4. The average Bonchev–Trinajstić information content (AvgIpc) is 3.21. The van der Waals surface area contributed by atoms with Crippen LogP contribution in [-0.2, 0) is 16.0 Å². The Morgan fingerprint density at radius 3 is 2.59 bits per heavy atom. The van der Waals surface area contributed by atoms with Gasteiger partial charge >= 0.3 is 5.97 Å². The molecule has 1 saturated heterocycles. The summed E-state index contributed by atoms with van der Waals surface area (Å²) >= 11 is 0. The van der Waals surface area contributed by atoms with E-state index in [2.05, 4.69) is 19.9 Å². The molecule has 1 heterocycles. The largest absolute Gasteiger partial charge is 0.508 e. The molecule has 5 rings (SSSR count). The number of hydrogen-bond donors (Lipinski definition) is 2. The van der Waals surface area contributed by atoms with E-state index in [1.54, 1.807) is 0 Å². The summed E-state index contributed by atoms with van der Waals surface area (Å²) in [6, 6.07) is 6.02. The molecule has 2 saturated carbocycles. The number of esters is 1. The molecule has 1 aromatic carbocycles. The van der Waals surface area contributed by atoms with Gasteiger partial charge in [-0.1, -0.05) is 71.3 Å². The highest BCUT2D eigenvalue weighted by atomic mass is 16.6. The van der Waals surface area contributed by atoms with Gasteiger partial charge in [0.1, 0.15) is 17.5 Å². The molecule has 34 heavy (non-hydrogen) atoms. The fraction of sp³-hybridized carbons (Fsp3) is 0.767. The Morgan fingerprint density at radius 2 is 1.82 bits per heavy atom. The molecule has 188 valence electrons. The lowest BCUT2D eigenvalue weighted by atomic mass is 9.49. The Hall–Kier alpha value is -1.55. The molecule has 3 fully saturated rings. The molecular weight excluding hydrogens is 424 g/mol. The van der Waals surface area contributed by atoms with E-state index < -0.39 is 5.60 Å². The molecule has 3 aliphatic carbocycles. The lowest BCUT2D eigenvalue weighted by molar-refractivity contribution is -0.142. The lowest BCUT2D eigenvalue weighted by Crippen LogP contribution is -2.54. The molecule has 4 nitrogen and oxygen atoms in total. The second-order valence-electron chi connectivity index (χ2n) is 12.2. The predicted octanol–water partition coefficient (Wildman–Crippen LogP) is 6.66. The van der Waals surface area contributed by atoms with Crippen molar-refractivity contribution in [2.45, 2.75) is 121 Å². The van der Waals surface area contributed by atoms with Crippen LogP contribution in [0.1, 0.15) is 114 Å². The van der Waals surface area contributed by atoms with E-state index in [1.165, 1.54) is 68.9 Å². The first kappa shape index (κ1) is 24.2. The minimum Gasteiger partial charge on any atom is -0.508 e. The fourth-order valence-electron chi connectivity index (χ4n) is 8.65. The van der Waals surface area contributed by atoms with Gasteiger partial charge in [0.05, 0.1) is 6.42 Å². The van der Waals surface area contributed by atoms with Crippen molar-refractivity contribution in [1.82, 2.24) is 0 Å². The van der Waals surface area contributed by atoms with E-state index in [9.17, 15) is 15.0 Å². The molecule has 7 atom stereocenters. The summed E-state index contributed by atoms with van der Waals surface area (Å²) in [5, 5.41) is 21.9. The SMILES string of the molecule is CCCCCCCCCC[C@H]1C[C@@]2(C)C(C[C@H]3OC(=O)C[C@]32O)C2CCc3cc(O)ccc3C21. The number of aromatic hydroxyl groups is 1. The number of hydrogen-bond acceptors (Lipinski definition) is 4. The van der Waals surface area contributed by atoms with Gasteiger partial charge in [0.15, 0.2) is 0 Å². The van der Waals surface area contributed by atoms with Gasteiger partial charge in [-0.05, 0) is 79.0 Å². The van der Waals surface area contributed by atoms with E-state index in [-0.39, 0.29) is 23.9 Å². The smallest absolute Gasteiger partial charge is 0.309 e. The third kappa shape index (κ3) is 3.98. The second-order valence-corrected chi connectivity index (χ2v) is 12.2. The van der Waals surface area contributed by atoms with Crippen LogP contribution in [0, 0.1) is 23.2 Å². The molecule has 0 amide bonds. The first-order valence-corrected chi connectivity index (χ1v) is 14.1. The highest BCUT2D eigenvalue weighted by Crippen LogP contribution is 2.68. The third-order valence-electron chi connectivity index (χ3n) is 10.3. The number of ether oxygens (including phenoxy) is 1.